The molecule has 1 N–H and O–H groups in total. The number of hydrogen-bond donors (Lipinski definition) is 1. The Kier molecular flexibility index (Phi) is 6.45. The second-order valence-electron chi connectivity index (χ2n) is 16.7. The third kappa shape index (κ3) is 3.81. The monoisotopic (exact) mass is 574 g/mol. The Bertz CT molecular complexity index is 1040. The van der Waals surface area contributed by atoms with Crippen LogP contribution in [-0.4, -0.2) is 58.0 Å². The van der Waals surface area contributed by atoms with E-state index in [0.29, 0.717) is 41.9 Å². The fraction of sp³-hybridized carbons (Fsp3) is 1.00. The van der Waals surface area contributed by atoms with Crippen molar-refractivity contribution in [3.05, 3.63) is 0 Å². The number of ether oxygens (including phenoxy) is 2. The average Bonchev–Trinajstić information content (AvgIpc) is 3.31. The summed E-state index contributed by atoms with van der Waals surface area (Å²) in [6.07, 6.45) is 10.5. The highest BCUT2D eigenvalue weighted by atomic mass is 17.2. The van der Waals surface area contributed by atoms with Crippen LogP contribution in [0.4, 0.5) is 0 Å². The quantitative estimate of drug-likeness (QED) is 0.405. The SMILES string of the molecule is C[C@H]1[C@@H](C[C@H](O)C2O[C@@H]3C[C@]4(C)CC[C@H]5[C@H](C)CC[C@@H]([C@H]2C)[C@@]35OO4)O[C@@H]2C[C@]3(C)CC[C@H]4[C@H](C)CC[C@@H]1[C@@]24OO3. The van der Waals surface area contributed by atoms with Crippen LogP contribution in [0.15, 0.2) is 0 Å². The molecule has 7 nitrogen and oxygen atoms in total. The van der Waals surface area contributed by atoms with E-state index in [4.69, 9.17) is 29.0 Å². The van der Waals surface area contributed by atoms with Gasteiger partial charge in [-0.2, -0.15) is 0 Å². The highest BCUT2D eigenvalue weighted by Crippen LogP contribution is 2.64. The van der Waals surface area contributed by atoms with E-state index < -0.39 is 6.10 Å². The minimum absolute atomic E-state index is 0.0141. The van der Waals surface area contributed by atoms with Gasteiger partial charge in [0.25, 0.3) is 0 Å². The first-order chi connectivity index (χ1) is 19.5. The average molecular weight is 575 g/mol. The summed E-state index contributed by atoms with van der Waals surface area (Å²) in [5.74, 6) is 3.34. The molecule has 4 bridgehead atoms. The maximum absolute atomic E-state index is 12.0. The van der Waals surface area contributed by atoms with E-state index in [1.807, 2.05) is 0 Å². The van der Waals surface area contributed by atoms with Crippen LogP contribution in [0.2, 0.25) is 0 Å². The summed E-state index contributed by atoms with van der Waals surface area (Å²) in [6.45, 7) is 13.8. The van der Waals surface area contributed by atoms with Crippen molar-refractivity contribution < 1.29 is 34.1 Å². The molecule has 6 saturated heterocycles. The second-order valence-corrected chi connectivity index (χ2v) is 16.7. The molecule has 1 unspecified atom stereocenters. The van der Waals surface area contributed by atoms with Crippen molar-refractivity contribution in [1.82, 2.24) is 0 Å². The number of aliphatic hydroxyl groups excluding tert-OH is 1. The van der Waals surface area contributed by atoms with E-state index in [1.54, 1.807) is 0 Å². The molecular formula is C34H54O7. The number of aliphatic hydroxyl groups is 1. The van der Waals surface area contributed by atoms with E-state index >= 15 is 0 Å². The molecule has 6 aliphatic heterocycles. The minimum atomic E-state index is -0.578. The Morgan fingerprint density at radius 1 is 0.634 bits per heavy atom. The zero-order chi connectivity index (χ0) is 28.5. The van der Waals surface area contributed by atoms with Crippen LogP contribution in [-0.2, 0) is 29.0 Å². The van der Waals surface area contributed by atoms with Crippen molar-refractivity contribution in [2.75, 3.05) is 0 Å². The minimum Gasteiger partial charge on any atom is -0.390 e. The van der Waals surface area contributed by atoms with Crippen LogP contribution in [0.1, 0.15) is 112 Å². The summed E-state index contributed by atoms with van der Waals surface area (Å²) in [6, 6.07) is 0. The molecule has 7 heteroatoms. The zero-order valence-electron chi connectivity index (χ0n) is 26.2. The Morgan fingerprint density at radius 3 is 1.71 bits per heavy atom. The van der Waals surface area contributed by atoms with Crippen LogP contribution in [0, 0.1) is 47.3 Å². The summed E-state index contributed by atoms with van der Waals surface area (Å²) in [7, 11) is 0. The molecule has 6 heterocycles. The van der Waals surface area contributed by atoms with Crippen molar-refractivity contribution in [3.63, 3.8) is 0 Å². The molecule has 10 rings (SSSR count). The largest absolute Gasteiger partial charge is 0.390 e. The van der Waals surface area contributed by atoms with Crippen LogP contribution >= 0.6 is 0 Å². The van der Waals surface area contributed by atoms with Gasteiger partial charge in [-0.25, -0.2) is 19.6 Å². The molecule has 2 spiro atoms. The topological polar surface area (TPSA) is 75.6 Å². The molecule has 0 radical (unpaired) electrons. The molecule has 4 aliphatic carbocycles. The van der Waals surface area contributed by atoms with E-state index in [0.717, 1.165) is 51.4 Å². The number of hydrogen-bond acceptors (Lipinski definition) is 7. The predicted octanol–water partition coefficient (Wildman–Crippen LogP) is 6.16. The number of fused-ring (bicyclic) bond motifs is 4. The lowest BCUT2D eigenvalue weighted by molar-refractivity contribution is -0.491. The summed E-state index contributed by atoms with van der Waals surface area (Å²) in [4.78, 5) is 25.4. The van der Waals surface area contributed by atoms with Gasteiger partial charge in [-0.1, -0.05) is 27.7 Å². The molecule has 17 atom stereocenters. The van der Waals surface area contributed by atoms with Crippen molar-refractivity contribution in [1.29, 1.82) is 0 Å². The van der Waals surface area contributed by atoms with E-state index in [-0.39, 0.29) is 58.7 Å². The van der Waals surface area contributed by atoms with Crippen LogP contribution < -0.4 is 0 Å². The lowest BCUT2D eigenvalue weighted by Gasteiger charge is -2.62. The summed E-state index contributed by atoms with van der Waals surface area (Å²) in [5, 5.41) is 12.0. The van der Waals surface area contributed by atoms with Crippen LogP contribution in [0.25, 0.3) is 0 Å². The van der Waals surface area contributed by atoms with Gasteiger partial charge in [0.05, 0.1) is 30.5 Å². The van der Waals surface area contributed by atoms with Gasteiger partial charge < -0.3 is 14.6 Å². The molecular weight excluding hydrogens is 520 g/mol. The Morgan fingerprint density at radius 2 is 1.15 bits per heavy atom. The summed E-state index contributed by atoms with van der Waals surface area (Å²) < 4.78 is 14.1. The molecule has 0 aromatic heterocycles. The first-order valence-corrected chi connectivity index (χ1v) is 17.2. The van der Waals surface area contributed by atoms with Gasteiger partial charge in [0.2, 0.25) is 0 Å². The smallest absolute Gasteiger partial charge is 0.136 e. The van der Waals surface area contributed by atoms with Gasteiger partial charge >= 0.3 is 0 Å². The van der Waals surface area contributed by atoms with Crippen LogP contribution in [0.5, 0.6) is 0 Å². The molecule has 10 fully saturated rings. The first-order valence-electron chi connectivity index (χ1n) is 17.2. The maximum atomic E-state index is 12.0. The molecule has 0 aromatic carbocycles. The highest BCUT2D eigenvalue weighted by Gasteiger charge is 2.70. The Hall–Kier alpha value is -0.280. The zero-order valence-corrected chi connectivity index (χ0v) is 26.2. The van der Waals surface area contributed by atoms with E-state index in [9.17, 15) is 5.11 Å². The normalized spacial score (nSPS) is 61.8. The molecule has 10 aliphatic rings. The van der Waals surface area contributed by atoms with Crippen molar-refractivity contribution >= 4 is 0 Å². The summed E-state index contributed by atoms with van der Waals surface area (Å²) in [5.41, 5.74) is -1.34. The Labute approximate surface area is 246 Å². The van der Waals surface area contributed by atoms with E-state index in [2.05, 4.69) is 41.5 Å². The van der Waals surface area contributed by atoms with Crippen molar-refractivity contribution in [3.8, 4) is 0 Å². The van der Waals surface area contributed by atoms with Gasteiger partial charge in [-0.15, -0.1) is 0 Å². The van der Waals surface area contributed by atoms with Gasteiger partial charge in [-0.05, 0) is 113 Å². The van der Waals surface area contributed by atoms with Gasteiger partial charge in [0, 0.05) is 19.3 Å². The Balaban J connectivity index is 1.06. The molecule has 232 valence electrons. The molecule has 0 amide bonds. The lowest BCUT2D eigenvalue weighted by Crippen LogP contribution is -2.71. The van der Waals surface area contributed by atoms with Gasteiger partial charge in [-0.3, -0.25) is 0 Å². The van der Waals surface area contributed by atoms with Crippen LogP contribution in [0.3, 0.4) is 0 Å². The van der Waals surface area contributed by atoms with Gasteiger partial charge in [0.1, 0.15) is 22.4 Å². The third-order valence-corrected chi connectivity index (χ3v) is 14.4. The fourth-order valence-corrected chi connectivity index (χ4v) is 12.1. The standard InChI is InChI=1S/C34H54O7/c1-18-7-9-24-20(3)27(36-28-16-31(5)13-11-22(18)33(24,28)40-38-31)15-26(35)30-21(4)25-10-8-19(2)23-12-14-32(6)17-29(37-30)34(23,25)41-39-32/h18-30,35H,7-17H2,1-6H3/t18-,19-,20-,21-,22+,23+,24+,25+,26+,27-,28-,29-,30?,31+,32+,33-,34-/m1/s1. The first kappa shape index (κ1) is 28.2. The summed E-state index contributed by atoms with van der Waals surface area (Å²) >= 11 is 0. The van der Waals surface area contributed by atoms with Crippen molar-refractivity contribution in [2.24, 2.45) is 47.3 Å². The second kappa shape index (κ2) is 9.37. The molecule has 4 saturated carbocycles. The molecule has 41 heavy (non-hydrogen) atoms. The molecule has 0 aromatic rings. The fourth-order valence-electron chi connectivity index (χ4n) is 12.1. The highest BCUT2D eigenvalue weighted by molar-refractivity contribution is 5.16. The number of rotatable bonds is 3. The van der Waals surface area contributed by atoms with E-state index in [1.165, 1.54) is 12.8 Å². The predicted molar refractivity (Wildman–Crippen MR) is 151 cm³/mol. The van der Waals surface area contributed by atoms with Crippen molar-refractivity contribution in [2.45, 2.75) is 165 Å². The van der Waals surface area contributed by atoms with Gasteiger partial charge in [0.15, 0.2) is 0 Å². The third-order valence-electron chi connectivity index (χ3n) is 14.4. The lowest BCUT2D eigenvalue weighted by atomic mass is 9.55. The maximum Gasteiger partial charge on any atom is 0.136 e.